The number of nitrogens with one attached hydrogen (secondary N) is 1. The van der Waals surface area contributed by atoms with E-state index in [1.807, 2.05) is 0 Å². The van der Waals surface area contributed by atoms with E-state index in [2.05, 4.69) is 15.6 Å². The lowest BCUT2D eigenvalue weighted by Crippen LogP contribution is -2.44. The van der Waals surface area contributed by atoms with Crippen molar-refractivity contribution in [3.63, 3.8) is 0 Å². The summed E-state index contributed by atoms with van der Waals surface area (Å²) in [6, 6.07) is 0. The highest BCUT2D eigenvalue weighted by atomic mass is 16.3. The molecule has 13 heavy (non-hydrogen) atoms. The fourth-order valence-corrected chi connectivity index (χ4v) is 1.67. The van der Waals surface area contributed by atoms with Crippen LogP contribution in [0.2, 0.25) is 0 Å². The average Bonchev–Trinajstić information content (AvgIpc) is 2.57. The Balaban J connectivity index is 1.99. The number of rotatable bonds is 2. The first-order valence-electron chi connectivity index (χ1n) is 4.56. The molecule has 0 spiro atoms. The van der Waals surface area contributed by atoms with Crippen molar-refractivity contribution in [1.82, 2.24) is 20.3 Å². The number of hydrogen-bond donors (Lipinski definition) is 2. The molecule has 0 aliphatic carbocycles. The van der Waals surface area contributed by atoms with Crippen LogP contribution in [0.4, 0.5) is 0 Å². The van der Waals surface area contributed by atoms with Gasteiger partial charge in [0.25, 0.3) is 0 Å². The maximum absolute atomic E-state index is 10.1. The van der Waals surface area contributed by atoms with Gasteiger partial charge in [-0.05, 0) is 25.9 Å². The minimum atomic E-state index is -0.598. The predicted molar refractivity (Wildman–Crippen MR) is 47.1 cm³/mol. The van der Waals surface area contributed by atoms with E-state index in [0.29, 0.717) is 6.54 Å². The Hall–Kier alpha value is -0.940. The number of hydrogen-bond acceptors (Lipinski definition) is 4. The molecule has 1 fully saturated rings. The van der Waals surface area contributed by atoms with Crippen molar-refractivity contribution >= 4 is 0 Å². The van der Waals surface area contributed by atoms with Gasteiger partial charge in [-0.2, -0.15) is 0 Å². The fraction of sp³-hybridized carbons (Fsp3) is 0.750. The van der Waals surface area contributed by atoms with E-state index in [4.69, 9.17) is 0 Å². The molecule has 0 aromatic carbocycles. The highest BCUT2D eigenvalue weighted by molar-refractivity contribution is 4.84. The lowest BCUT2D eigenvalue weighted by atomic mass is 9.92. The predicted octanol–water partition coefficient (Wildman–Crippen LogP) is -0.607. The van der Waals surface area contributed by atoms with Gasteiger partial charge in [0, 0.05) is 6.20 Å². The zero-order valence-corrected chi connectivity index (χ0v) is 7.48. The zero-order valence-electron chi connectivity index (χ0n) is 7.48. The van der Waals surface area contributed by atoms with Crippen LogP contribution in [0, 0.1) is 0 Å². The summed E-state index contributed by atoms with van der Waals surface area (Å²) < 4.78 is 1.69. The van der Waals surface area contributed by atoms with Gasteiger partial charge in [0.2, 0.25) is 0 Å². The molecular formula is C8H14N4O. The first-order valence-corrected chi connectivity index (χ1v) is 4.56. The average molecular weight is 182 g/mol. The third kappa shape index (κ3) is 2.05. The van der Waals surface area contributed by atoms with E-state index in [1.54, 1.807) is 17.1 Å². The minimum Gasteiger partial charge on any atom is -0.388 e. The second-order valence-corrected chi connectivity index (χ2v) is 3.57. The molecule has 0 unspecified atom stereocenters. The van der Waals surface area contributed by atoms with E-state index in [1.165, 1.54) is 0 Å². The summed E-state index contributed by atoms with van der Waals surface area (Å²) in [6.07, 6.45) is 4.98. The molecule has 0 amide bonds. The van der Waals surface area contributed by atoms with Crippen LogP contribution in [-0.4, -0.2) is 38.8 Å². The maximum Gasteiger partial charge on any atom is 0.0867 e. The Morgan fingerprint density at radius 2 is 2.23 bits per heavy atom. The lowest BCUT2D eigenvalue weighted by molar-refractivity contribution is -0.00864. The van der Waals surface area contributed by atoms with Gasteiger partial charge in [0.05, 0.1) is 18.3 Å². The van der Waals surface area contributed by atoms with Crippen LogP contribution in [0.5, 0.6) is 0 Å². The first kappa shape index (κ1) is 8.65. The van der Waals surface area contributed by atoms with Gasteiger partial charge >= 0.3 is 0 Å². The van der Waals surface area contributed by atoms with E-state index in [0.717, 1.165) is 25.9 Å². The number of aromatic nitrogens is 3. The normalized spacial score (nSPS) is 21.6. The second kappa shape index (κ2) is 3.43. The molecule has 2 N–H and O–H groups in total. The smallest absolute Gasteiger partial charge is 0.0867 e. The standard InChI is InChI=1S/C8H14N4O/c13-8(1-3-9-4-2-8)7-12-6-5-10-11-12/h5-6,9,13H,1-4,7H2. The number of piperidine rings is 1. The summed E-state index contributed by atoms with van der Waals surface area (Å²) >= 11 is 0. The van der Waals surface area contributed by atoms with Crippen molar-refractivity contribution in [2.24, 2.45) is 0 Å². The van der Waals surface area contributed by atoms with E-state index in [-0.39, 0.29) is 0 Å². The molecule has 1 aromatic heterocycles. The molecule has 1 aliphatic rings. The molecule has 2 rings (SSSR count). The number of nitrogens with zero attached hydrogens (tertiary/aromatic N) is 3. The number of aliphatic hydroxyl groups is 1. The molecular weight excluding hydrogens is 168 g/mol. The molecule has 0 radical (unpaired) electrons. The van der Waals surface area contributed by atoms with Crippen molar-refractivity contribution in [3.8, 4) is 0 Å². The molecule has 1 aromatic rings. The third-order valence-corrected chi connectivity index (χ3v) is 2.46. The summed E-state index contributed by atoms with van der Waals surface area (Å²) in [5.74, 6) is 0. The van der Waals surface area contributed by atoms with Crippen molar-refractivity contribution in [3.05, 3.63) is 12.4 Å². The van der Waals surface area contributed by atoms with Crippen molar-refractivity contribution in [1.29, 1.82) is 0 Å². The summed E-state index contributed by atoms with van der Waals surface area (Å²) in [5.41, 5.74) is -0.598. The van der Waals surface area contributed by atoms with Gasteiger partial charge in [0.1, 0.15) is 0 Å². The molecule has 0 saturated carbocycles. The Bertz CT molecular complexity index is 253. The van der Waals surface area contributed by atoms with Crippen LogP contribution in [0.3, 0.4) is 0 Å². The molecule has 1 saturated heterocycles. The zero-order chi connectivity index (χ0) is 9.15. The van der Waals surface area contributed by atoms with Gasteiger partial charge in [0.15, 0.2) is 0 Å². The van der Waals surface area contributed by atoms with Crippen molar-refractivity contribution in [2.45, 2.75) is 25.0 Å². The van der Waals surface area contributed by atoms with Gasteiger partial charge in [-0.15, -0.1) is 5.10 Å². The molecule has 5 heteroatoms. The van der Waals surface area contributed by atoms with Crippen LogP contribution in [-0.2, 0) is 6.54 Å². The first-order chi connectivity index (χ1) is 6.29. The molecule has 72 valence electrons. The Morgan fingerprint density at radius 1 is 1.46 bits per heavy atom. The fourth-order valence-electron chi connectivity index (χ4n) is 1.67. The largest absolute Gasteiger partial charge is 0.388 e. The summed E-state index contributed by atoms with van der Waals surface area (Å²) in [4.78, 5) is 0. The lowest BCUT2D eigenvalue weighted by Gasteiger charge is -2.32. The van der Waals surface area contributed by atoms with Gasteiger partial charge < -0.3 is 10.4 Å². The third-order valence-electron chi connectivity index (χ3n) is 2.46. The summed E-state index contributed by atoms with van der Waals surface area (Å²) in [5, 5.41) is 20.9. The molecule has 5 nitrogen and oxygen atoms in total. The molecule has 0 bridgehead atoms. The SMILES string of the molecule is OC1(Cn2ccnn2)CCNCC1. The van der Waals surface area contributed by atoms with E-state index >= 15 is 0 Å². The highest BCUT2D eigenvalue weighted by Gasteiger charge is 2.29. The van der Waals surface area contributed by atoms with E-state index in [9.17, 15) is 5.11 Å². The molecule has 2 heterocycles. The molecule has 1 aliphatic heterocycles. The topological polar surface area (TPSA) is 63.0 Å². The van der Waals surface area contributed by atoms with Crippen molar-refractivity contribution in [2.75, 3.05) is 13.1 Å². The summed E-state index contributed by atoms with van der Waals surface area (Å²) in [6.45, 7) is 2.31. The minimum absolute atomic E-state index is 0.550. The Labute approximate surface area is 76.8 Å². The van der Waals surface area contributed by atoms with Crippen LogP contribution < -0.4 is 5.32 Å². The van der Waals surface area contributed by atoms with Crippen LogP contribution in [0.25, 0.3) is 0 Å². The maximum atomic E-state index is 10.1. The molecule has 0 atom stereocenters. The van der Waals surface area contributed by atoms with Gasteiger partial charge in [-0.3, -0.25) is 0 Å². The second-order valence-electron chi connectivity index (χ2n) is 3.57. The summed E-state index contributed by atoms with van der Waals surface area (Å²) in [7, 11) is 0. The van der Waals surface area contributed by atoms with E-state index < -0.39 is 5.60 Å². The van der Waals surface area contributed by atoms with Crippen LogP contribution >= 0.6 is 0 Å². The Morgan fingerprint density at radius 3 is 2.85 bits per heavy atom. The monoisotopic (exact) mass is 182 g/mol. The van der Waals surface area contributed by atoms with Gasteiger partial charge in [-0.25, -0.2) is 4.68 Å². The van der Waals surface area contributed by atoms with Crippen molar-refractivity contribution < 1.29 is 5.11 Å². The van der Waals surface area contributed by atoms with Crippen LogP contribution in [0.15, 0.2) is 12.4 Å². The highest BCUT2D eigenvalue weighted by Crippen LogP contribution is 2.19. The van der Waals surface area contributed by atoms with Gasteiger partial charge in [-0.1, -0.05) is 5.21 Å². The van der Waals surface area contributed by atoms with Crippen LogP contribution in [0.1, 0.15) is 12.8 Å². The Kier molecular flexibility index (Phi) is 2.28. The quantitative estimate of drug-likeness (QED) is 0.640.